The lowest BCUT2D eigenvalue weighted by atomic mass is 10.0. The first-order chi connectivity index (χ1) is 16.9. The number of carbonyl (C=O) groups excluding carboxylic acids is 1. The maximum Gasteiger partial charge on any atom is 0.262 e. The second-order valence-electron chi connectivity index (χ2n) is 7.45. The lowest BCUT2D eigenvalue weighted by molar-refractivity contribution is -0.118. The average molecular weight is 493 g/mol. The fourth-order valence-corrected chi connectivity index (χ4v) is 3.44. The Labute approximate surface area is 209 Å². The van der Waals surface area contributed by atoms with Crippen LogP contribution in [0.2, 0.25) is 5.02 Å². The zero-order valence-electron chi connectivity index (χ0n) is 19.8. The fourth-order valence-electron chi connectivity index (χ4n) is 3.25. The van der Waals surface area contributed by atoms with Gasteiger partial charge in [-0.15, -0.1) is 0 Å². The number of carbonyl (C=O) groups is 1. The summed E-state index contributed by atoms with van der Waals surface area (Å²) in [6.45, 7) is 1.67. The molecule has 0 heterocycles. The Morgan fingerprint density at radius 2 is 1.63 bits per heavy atom. The van der Waals surface area contributed by atoms with Crippen LogP contribution in [0.3, 0.4) is 0 Å². The average Bonchev–Trinajstić information content (AvgIpc) is 2.88. The van der Waals surface area contributed by atoms with Crippen molar-refractivity contribution in [3.8, 4) is 29.1 Å². The summed E-state index contributed by atoms with van der Waals surface area (Å²) in [7, 11) is 4.59. The predicted molar refractivity (Wildman–Crippen MR) is 136 cm³/mol. The van der Waals surface area contributed by atoms with Gasteiger partial charge in [-0.2, -0.15) is 5.26 Å². The van der Waals surface area contributed by atoms with E-state index < -0.39 is 0 Å². The third-order valence-corrected chi connectivity index (χ3v) is 5.54. The fraction of sp³-hybridized carbons (Fsp3) is 0.185. The first kappa shape index (κ1) is 25.5. The van der Waals surface area contributed by atoms with Gasteiger partial charge in [-0.25, -0.2) is 0 Å². The second kappa shape index (κ2) is 11.8. The molecule has 0 saturated heterocycles. The molecule has 180 valence electrons. The maximum absolute atomic E-state index is 12.3. The van der Waals surface area contributed by atoms with E-state index >= 15 is 0 Å². The molecule has 1 N–H and O–H groups in total. The summed E-state index contributed by atoms with van der Waals surface area (Å²) in [6.07, 6.45) is 1.72. The van der Waals surface area contributed by atoms with Crippen LogP contribution in [0.4, 0.5) is 5.69 Å². The molecule has 3 aromatic carbocycles. The number of amides is 1. The molecule has 0 aliphatic heterocycles. The minimum Gasteiger partial charge on any atom is -0.493 e. The van der Waals surface area contributed by atoms with E-state index in [1.807, 2.05) is 13.0 Å². The van der Waals surface area contributed by atoms with E-state index in [1.165, 1.54) is 14.2 Å². The third kappa shape index (κ3) is 6.46. The van der Waals surface area contributed by atoms with Gasteiger partial charge in [-0.05, 0) is 72.2 Å². The van der Waals surface area contributed by atoms with E-state index in [0.717, 1.165) is 11.1 Å². The number of nitriles is 1. The van der Waals surface area contributed by atoms with Crippen LogP contribution in [-0.2, 0) is 4.79 Å². The van der Waals surface area contributed by atoms with E-state index in [4.69, 9.17) is 30.5 Å². The monoisotopic (exact) mass is 492 g/mol. The molecule has 0 spiro atoms. The van der Waals surface area contributed by atoms with Crippen LogP contribution in [0.5, 0.6) is 23.0 Å². The van der Waals surface area contributed by atoms with Crippen LogP contribution >= 0.6 is 11.6 Å². The van der Waals surface area contributed by atoms with E-state index in [9.17, 15) is 10.1 Å². The van der Waals surface area contributed by atoms with Gasteiger partial charge in [-0.3, -0.25) is 4.79 Å². The Bertz CT molecular complexity index is 1300. The smallest absolute Gasteiger partial charge is 0.262 e. The van der Waals surface area contributed by atoms with Gasteiger partial charge < -0.3 is 24.3 Å². The molecule has 7 nitrogen and oxygen atoms in total. The van der Waals surface area contributed by atoms with Crippen LogP contribution < -0.4 is 24.3 Å². The lowest BCUT2D eigenvalue weighted by Gasteiger charge is -2.12. The molecule has 0 aromatic heterocycles. The molecular formula is C27H25ClN2O5. The van der Waals surface area contributed by atoms with Crippen molar-refractivity contribution >= 4 is 34.8 Å². The second-order valence-corrected chi connectivity index (χ2v) is 7.86. The molecule has 35 heavy (non-hydrogen) atoms. The number of benzene rings is 3. The summed E-state index contributed by atoms with van der Waals surface area (Å²) < 4.78 is 21.7. The zero-order valence-corrected chi connectivity index (χ0v) is 20.6. The van der Waals surface area contributed by atoms with Crippen molar-refractivity contribution in [1.29, 1.82) is 5.26 Å². The third-order valence-electron chi connectivity index (χ3n) is 5.13. The van der Waals surface area contributed by atoms with Crippen LogP contribution in [0, 0.1) is 18.3 Å². The van der Waals surface area contributed by atoms with Gasteiger partial charge in [-0.1, -0.05) is 23.7 Å². The SMILES string of the molecule is COc1ccc(/C(C#N)=C/c2ccc(OCC(=O)Nc3ccc(C)c(Cl)c3)c(OC)c2)cc1OC. The number of aryl methyl sites for hydroxylation is 1. The highest BCUT2D eigenvalue weighted by molar-refractivity contribution is 6.31. The number of allylic oxidation sites excluding steroid dienone is 1. The van der Waals surface area contributed by atoms with Crippen molar-refractivity contribution in [3.05, 3.63) is 76.3 Å². The van der Waals surface area contributed by atoms with E-state index in [2.05, 4.69) is 11.4 Å². The summed E-state index contributed by atoms with van der Waals surface area (Å²) in [5.74, 6) is 1.59. The Hall–Kier alpha value is -4.15. The Balaban J connectivity index is 1.74. The minimum absolute atomic E-state index is 0.216. The predicted octanol–water partition coefficient (Wildman–Crippen LogP) is 5.76. The van der Waals surface area contributed by atoms with Crippen molar-refractivity contribution in [2.24, 2.45) is 0 Å². The lowest BCUT2D eigenvalue weighted by Crippen LogP contribution is -2.20. The first-order valence-electron chi connectivity index (χ1n) is 10.6. The quantitative estimate of drug-likeness (QED) is 0.302. The van der Waals surface area contributed by atoms with E-state index in [1.54, 1.807) is 61.7 Å². The Kier molecular flexibility index (Phi) is 8.60. The van der Waals surface area contributed by atoms with Gasteiger partial charge in [0.15, 0.2) is 29.6 Å². The molecule has 0 atom stereocenters. The van der Waals surface area contributed by atoms with Crippen molar-refractivity contribution in [3.63, 3.8) is 0 Å². The first-order valence-corrected chi connectivity index (χ1v) is 11.0. The number of hydrogen-bond donors (Lipinski definition) is 1. The molecule has 0 radical (unpaired) electrons. The van der Waals surface area contributed by atoms with E-state index in [-0.39, 0.29) is 12.5 Å². The van der Waals surface area contributed by atoms with Gasteiger partial charge in [0.05, 0.1) is 33.0 Å². The molecule has 0 aliphatic rings. The standard InChI is InChI=1S/C27H25ClN2O5/c1-17-5-8-21(14-22(17)28)30-27(31)16-35-24-9-6-18(12-25(24)33-3)11-20(15-29)19-7-10-23(32-2)26(13-19)34-4/h5-14H,16H2,1-4H3,(H,30,31)/b20-11+. The molecule has 0 bridgehead atoms. The zero-order chi connectivity index (χ0) is 25.4. The van der Waals surface area contributed by atoms with Crippen LogP contribution in [-0.4, -0.2) is 33.8 Å². The number of anilines is 1. The topological polar surface area (TPSA) is 89.8 Å². The number of methoxy groups -OCH3 is 3. The van der Waals surface area contributed by atoms with Gasteiger partial charge in [0, 0.05) is 10.7 Å². The molecular weight excluding hydrogens is 468 g/mol. The molecule has 0 saturated carbocycles. The summed E-state index contributed by atoms with van der Waals surface area (Å²) in [5.41, 5.74) is 3.33. The molecule has 0 fully saturated rings. The number of nitrogens with zero attached hydrogens (tertiary/aromatic N) is 1. The van der Waals surface area contributed by atoms with Gasteiger partial charge in [0.25, 0.3) is 5.91 Å². The highest BCUT2D eigenvalue weighted by atomic mass is 35.5. The summed E-state index contributed by atoms with van der Waals surface area (Å²) in [5, 5.41) is 13.0. The van der Waals surface area contributed by atoms with Crippen LogP contribution in [0.1, 0.15) is 16.7 Å². The molecule has 0 aliphatic carbocycles. The number of hydrogen-bond acceptors (Lipinski definition) is 6. The molecule has 8 heteroatoms. The maximum atomic E-state index is 12.3. The Morgan fingerprint density at radius 3 is 2.29 bits per heavy atom. The van der Waals surface area contributed by atoms with Gasteiger partial charge >= 0.3 is 0 Å². The number of nitrogens with one attached hydrogen (secondary N) is 1. The van der Waals surface area contributed by atoms with Crippen molar-refractivity contribution in [1.82, 2.24) is 0 Å². The van der Waals surface area contributed by atoms with E-state index in [0.29, 0.717) is 44.8 Å². The Morgan fingerprint density at radius 1 is 0.943 bits per heavy atom. The van der Waals surface area contributed by atoms with Crippen LogP contribution in [0.25, 0.3) is 11.6 Å². The van der Waals surface area contributed by atoms with Crippen molar-refractivity contribution in [2.45, 2.75) is 6.92 Å². The molecule has 3 aromatic rings. The van der Waals surface area contributed by atoms with Crippen molar-refractivity contribution < 1.29 is 23.7 Å². The van der Waals surface area contributed by atoms with Gasteiger partial charge in [0.2, 0.25) is 0 Å². The molecule has 3 rings (SSSR count). The molecule has 1 amide bonds. The molecule has 0 unspecified atom stereocenters. The largest absolute Gasteiger partial charge is 0.493 e. The normalized spacial score (nSPS) is 10.8. The highest BCUT2D eigenvalue weighted by Gasteiger charge is 2.12. The highest BCUT2D eigenvalue weighted by Crippen LogP contribution is 2.33. The summed E-state index contributed by atoms with van der Waals surface area (Å²) in [4.78, 5) is 12.3. The minimum atomic E-state index is -0.337. The van der Waals surface area contributed by atoms with Crippen molar-refractivity contribution in [2.75, 3.05) is 33.3 Å². The number of rotatable bonds is 9. The van der Waals surface area contributed by atoms with Gasteiger partial charge in [0.1, 0.15) is 0 Å². The number of ether oxygens (including phenoxy) is 4. The summed E-state index contributed by atoms with van der Waals surface area (Å²) >= 11 is 6.10. The van der Waals surface area contributed by atoms with Crippen LogP contribution in [0.15, 0.2) is 54.6 Å². The number of halogens is 1. The summed E-state index contributed by atoms with van der Waals surface area (Å²) in [6, 6.07) is 17.9.